The predicted octanol–water partition coefficient (Wildman–Crippen LogP) is 7.98. The van der Waals surface area contributed by atoms with Crippen molar-refractivity contribution in [2.24, 2.45) is 0 Å². The number of hydrogen-bond acceptors (Lipinski definition) is 0. The van der Waals surface area contributed by atoms with Crippen molar-refractivity contribution in [3.8, 4) is 11.1 Å². The van der Waals surface area contributed by atoms with E-state index < -0.39 is 0 Å². The van der Waals surface area contributed by atoms with Crippen molar-refractivity contribution in [1.82, 2.24) is 0 Å². The number of halogens is 1. The Morgan fingerprint density at radius 2 is 1.10 bits per heavy atom. The molecule has 0 aliphatic heterocycles. The van der Waals surface area contributed by atoms with E-state index in [0.717, 1.165) is 17.3 Å². The molecule has 0 radical (unpaired) electrons. The van der Waals surface area contributed by atoms with E-state index in [1.807, 2.05) is 0 Å². The zero-order valence-corrected chi connectivity index (χ0v) is 17.2. The molecule has 0 aromatic heterocycles. The topological polar surface area (TPSA) is 0 Å². The highest BCUT2D eigenvalue weighted by Gasteiger charge is 2.29. The number of benzene rings is 6. The van der Waals surface area contributed by atoms with Gasteiger partial charge in [-0.3, -0.25) is 0 Å². The van der Waals surface area contributed by atoms with Crippen LogP contribution >= 0.6 is 15.9 Å². The molecule has 0 unspecified atom stereocenters. The van der Waals surface area contributed by atoms with Crippen LogP contribution in [0.2, 0.25) is 0 Å². The summed E-state index contributed by atoms with van der Waals surface area (Å²) in [6.45, 7) is 0. The van der Waals surface area contributed by atoms with Crippen molar-refractivity contribution in [1.29, 1.82) is 0 Å². The third kappa shape index (κ3) is 1.61. The van der Waals surface area contributed by atoms with Crippen LogP contribution in [0.15, 0.2) is 71.2 Å². The van der Waals surface area contributed by atoms with Crippen LogP contribution in [0.1, 0.15) is 22.3 Å². The minimum Gasteiger partial charge on any atom is -0.0616 e. The van der Waals surface area contributed by atoms with Crippen LogP contribution in [0.3, 0.4) is 0 Å². The molecule has 0 fully saturated rings. The van der Waals surface area contributed by atoms with Crippen LogP contribution in [0, 0.1) is 0 Å². The van der Waals surface area contributed by atoms with Crippen LogP contribution in [0.25, 0.3) is 54.2 Å². The van der Waals surface area contributed by atoms with Gasteiger partial charge in [0, 0.05) is 4.47 Å². The van der Waals surface area contributed by atoms with Gasteiger partial charge in [0.1, 0.15) is 0 Å². The Hall–Kier alpha value is -2.90. The summed E-state index contributed by atoms with van der Waals surface area (Å²) >= 11 is 3.80. The first-order valence-corrected chi connectivity index (χ1v) is 11.0. The van der Waals surface area contributed by atoms with Gasteiger partial charge in [0.2, 0.25) is 0 Å². The van der Waals surface area contributed by atoms with E-state index in [9.17, 15) is 0 Å². The zero-order valence-electron chi connectivity index (χ0n) is 15.6. The average Bonchev–Trinajstić information content (AvgIpc) is 3.31. The van der Waals surface area contributed by atoms with E-state index in [1.165, 1.54) is 76.5 Å². The van der Waals surface area contributed by atoms with Crippen LogP contribution in [-0.2, 0) is 12.8 Å². The van der Waals surface area contributed by atoms with Gasteiger partial charge in [0.05, 0.1) is 0 Å². The van der Waals surface area contributed by atoms with E-state index in [-0.39, 0.29) is 0 Å². The van der Waals surface area contributed by atoms with Gasteiger partial charge < -0.3 is 0 Å². The lowest BCUT2D eigenvalue weighted by molar-refractivity contribution is 1.24. The lowest BCUT2D eigenvalue weighted by Crippen LogP contribution is -1.91. The second-order valence-electron chi connectivity index (χ2n) is 8.61. The molecule has 1 heteroatoms. The summed E-state index contributed by atoms with van der Waals surface area (Å²) in [5, 5.41) is 11.8. The quantitative estimate of drug-likeness (QED) is 0.183. The van der Waals surface area contributed by atoms with E-state index in [0.29, 0.717) is 0 Å². The van der Waals surface area contributed by atoms with Gasteiger partial charge in [-0.2, -0.15) is 0 Å². The predicted molar refractivity (Wildman–Crippen MR) is 126 cm³/mol. The summed E-state index contributed by atoms with van der Waals surface area (Å²) in [4.78, 5) is 0. The van der Waals surface area contributed by atoms with Gasteiger partial charge in [-0.25, -0.2) is 0 Å². The van der Waals surface area contributed by atoms with Gasteiger partial charge in [-0.15, -0.1) is 0 Å². The molecule has 0 nitrogen and oxygen atoms in total. The molecule has 0 heterocycles. The van der Waals surface area contributed by atoms with E-state index in [1.54, 1.807) is 0 Å². The maximum atomic E-state index is 3.80. The molecule has 0 N–H and O–H groups in total. The lowest BCUT2D eigenvalue weighted by Gasteiger charge is -2.18. The molecule has 0 amide bonds. The first kappa shape index (κ1) is 15.0. The SMILES string of the molecule is Brc1ccccc1-c1cc2ccc3c4c5c(ccc6c5c5c(ccc1c5c24)C6)C3. The van der Waals surface area contributed by atoms with Gasteiger partial charge >= 0.3 is 0 Å². The van der Waals surface area contributed by atoms with Crippen molar-refractivity contribution < 1.29 is 0 Å². The largest absolute Gasteiger partial charge is 0.0616 e. The minimum absolute atomic E-state index is 1.07. The van der Waals surface area contributed by atoms with Crippen LogP contribution in [0.4, 0.5) is 0 Å². The maximum absolute atomic E-state index is 3.80. The fourth-order valence-electron chi connectivity index (χ4n) is 6.15. The van der Waals surface area contributed by atoms with Crippen LogP contribution < -0.4 is 0 Å². The summed E-state index contributed by atoms with van der Waals surface area (Å²) in [5.41, 5.74) is 8.61. The molecule has 0 atom stereocenters. The molecule has 2 aliphatic carbocycles. The number of hydrogen-bond donors (Lipinski definition) is 0. The highest BCUT2D eigenvalue weighted by atomic mass is 79.9. The molecule has 2 aliphatic rings. The van der Waals surface area contributed by atoms with Crippen LogP contribution in [0.5, 0.6) is 0 Å². The van der Waals surface area contributed by atoms with Gasteiger partial charge in [-0.05, 0) is 101 Å². The Bertz CT molecular complexity index is 1700. The van der Waals surface area contributed by atoms with Gasteiger partial charge in [0.15, 0.2) is 0 Å². The van der Waals surface area contributed by atoms with Gasteiger partial charge in [-0.1, -0.05) is 70.5 Å². The monoisotopic (exact) mass is 430 g/mol. The Kier molecular flexibility index (Phi) is 2.49. The lowest BCUT2D eigenvalue weighted by atomic mass is 9.86. The molecule has 8 rings (SSSR count). The first-order valence-electron chi connectivity index (χ1n) is 10.2. The second-order valence-corrected chi connectivity index (χ2v) is 9.47. The second kappa shape index (κ2) is 4.80. The Morgan fingerprint density at radius 1 is 0.517 bits per heavy atom. The highest BCUT2D eigenvalue weighted by molar-refractivity contribution is 9.10. The van der Waals surface area contributed by atoms with Crippen molar-refractivity contribution >= 4 is 59.0 Å². The average molecular weight is 431 g/mol. The summed E-state index contributed by atoms with van der Waals surface area (Å²) in [7, 11) is 0. The van der Waals surface area contributed by atoms with E-state index in [2.05, 4.69) is 82.7 Å². The maximum Gasteiger partial charge on any atom is 0.0253 e. The summed E-state index contributed by atoms with van der Waals surface area (Å²) in [6.07, 6.45) is 2.14. The molecule has 29 heavy (non-hydrogen) atoms. The molecule has 134 valence electrons. The van der Waals surface area contributed by atoms with Crippen LogP contribution in [-0.4, -0.2) is 0 Å². The molecular weight excluding hydrogens is 416 g/mol. The van der Waals surface area contributed by atoms with E-state index >= 15 is 0 Å². The molecule has 0 saturated carbocycles. The fraction of sp³-hybridized carbons (Fsp3) is 0.0714. The van der Waals surface area contributed by atoms with E-state index in [4.69, 9.17) is 0 Å². The van der Waals surface area contributed by atoms with Crippen molar-refractivity contribution in [3.05, 3.63) is 93.5 Å². The summed E-state index contributed by atoms with van der Waals surface area (Å²) in [5.74, 6) is 0. The Morgan fingerprint density at radius 3 is 1.83 bits per heavy atom. The number of rotatable bonds is 1. The third-order valence-electron chi connectivity index (χ3n) is 7.26. The van der Waals surface area contributed by atoms with Crippen molar-refractivity contribution in [2.75, 3.05) is 0 Å². The molecule has 6 aromatic carbocycles. The fourth-order valence-corrected chi connectivity index (χ4v) is 6.65. The smallest absolute Gasteiger partial charge is 0.0253 e. The molecule has 6 aromatic rings. The molecule has 0 spiro atoms. The van der Waals surface area contributed by atoms with Gasteiger partial charge in [0.25, 0.3) is 0 Å². The Balaban J connectivity index is 1.74. The normalized spacial score (nSPS) is 14.1. The zero-order chi connectivity index (χ0) is 18.9. The summed E-state index contributed by atoms with van der Waals surface area (Å²) < 4.78 is 1.16. The first-order chi connectivity index (χ1) is 14.3. The van der Waals surface area contributed by atoms with Crippen molar-refractivity contribution in [3.63, 3.8) is 0 Å². The summed E-state index contributed by atoms with van der Waals surface area (Å²) in [6, 6.07) is 25.2. The minimum atomic E-state index is 1.07. The standard InChI is InChI=1S/C28H15Br/c29-22-4-2-1-3-19(22)21-13-18-8-7-16-11-14-5-6-15-12-17-9-10-20(21)28-26(17)24(15)23(14)25(16)27(18)28/h1-10,13H,11-12H2. The molecular formula is C28H15Br. The molecule has 0 bridgehead atoms. The Labute approximate surface area is 176 Å². The van der Waals surface area contributed by atoms with Crippen molar-refractivity contribution in [2.45, 2.75) is 12.8 Å². The highest BCUT2D eigenvalue weighted by Crippen LogP contribution is 2.53. The third-order valence-corrected chi connectivity index (χ3v) is 7.95. The molecule has 0 saturated heterocycles.